The number of rotatable bonds is 4. The van der Waals surface area contributed by atoms with E-state index in [1.165, 1.54) is 0 Å². The molecule has 0 unspecified atom stereocenters. The largest absolute Gasteiger partial charge is 0.481 e. The zero-order valence-electron chi connectivity index (χ0n) is 16.6. The number of benzene rings is 2. The second-order valence-corrected chi connectivity index (χ2v) is 7.56. The Morgan fingerprint density at radius 3 is 2.38 bits per heavy atom. The molecule has 0 fully saturated rings. The minimum atomic E-state index is -0.217. The standard InChI is InChI=1S/C23H20ClNO4/c1-12-9-18-20(10-13(12)2)28-22(16-5-7-17(24)8-6-16)23(21(18)26)27-11-19-14(3)25-29-15(19)4/h5-10H,11H2,1-4H3. The zero-order valence-corrected chi connectivity index (χ0v) is 17.4. The Labute approximate surface area is 172 Å². The van der Waals surface area contributed by atoms with Crippen molar-refractivity contribution in [1.29, 1.82) is 0 Å². The predicted octanol–water partition coefficient (Wildman–Crippen LogP) is 5.91. The van der Waals surface area contributed by atoms with E-state index >= 15 is 0 Å². The number of hydrogen-bond acceptors (Lipinski definition) is 5. The number of fused-ring (bicyclic) bond motifs is 1. The Kier molecular flexibility index (Phi) is 4.92. The van der Waals surface area contributed by atoms with Crippen molar-refractivity contribution in [3.05, 3.63) is 79.8 Å². The molecule has 0 saturated carbocycles. The first-order chi connectivity index (χ1) is 13.8. The summed E-state index contributed by atoms with van der Waals surface area (Å²) in [6.07, 6.45) is 0. The van der Waals surface area contributed by atoms with Gasteiger partial charge in [0.05, 0.1) is 16.6 Å². The zero-order chi connectivity index (χ0) is 20.7. The van der Waals surface area contributed by atoms with Crippen LogP contribution in [0.25, 0.3) is 22.3 Å². The Morgan fingerprint density at radius 2 is 1.72 bits per heavy atom. The maximum absolute atomic E-state index is 13.3. The van der Waals surface area contributed by atoms with E-state index < -0.39 is 0 Å². The summed E-state index contributed by atoms with van der Waals surface area (Å²) >= 11 is 6.03. The van der Waals surface area contributed by atoms with Crippen molar-refractivity contribution in [2.75, 3.05) is 0 Å². The minimum Gasteiger partial charge on any atom is -0.481 e. The lowest BCUT2D eigenvalue weighted by molar-refractivity contribution is 0.294. The molecule has 0 aliphatic rings. The van der Waals surface area contributed by atoms with Crippen molar-refractivity contribution in [2.24, 2.45) is 0 Å². The van der Waals surface area contributed by atoms with Gasteiger partial charge in [-0.1, -0.05) is 16.8 Å². The van der Waals surface area contributed by atoms with Crippen LogP contribution in [0.1, 0.15) is 28.1 Å². The number of nitrogens with zero attached hydrogens (tertiary/aromatic N) is 1. The molecule has 2 heterocycles. The summed E-state index contributed by atoms with van der Waals surface area (Å²) in [5.74, 6) is 1.18. The van der Waals surface area contributed by atoms with Crippen molar-refractivity contribution in [3.8, 4) is 17.1 Å². The number of hydrogen-bond donors (Lipinski definition) is 0. The predicted molar refractivity (Wildman–Crippen MR) is 113 cm³/mol. The fraction of sp³-hybridized carbons (Fsp3) is 0.217. The van der Waals surface area contributed by atoms with Crippen LogP contribution < -0.4 is 10.2 Å². The van der Waals surface area contributed by atoms with E-state index in [0.717, 1.165) is 22.4 Å². The number of aryl methyl sites for hydroxylation is 4. The SMILES string of the molecule is Cc1cc2oc(-c3ccc(Cl)cc3)c(OCc3c(C)noc3C)c(=O)c2cc1C. The first-order valence-corrected chi connectivity index (χ1v) is 9.61. The number of halogens is 1. The first kappa shape index (κ1) is 19.3. The normalized spacial score (nSPS) is 11.2. The Hall–Kier alpha value is -3.05. The van der Waals surface area contributed by atoms with Gasteiger partial charge < -0.3 is 13.7 Å². The monoisotopic (exact) mass is 409 g/mol. The maximum atomic E-state index is 13.3. The van der Waals surface area contributed by atoms with Crippen molar-refractivity contribution < 1.29 is 13.7 Å². The van der Waals surface area contributed by atoms with Crippen LogP contribution in [-0.4, -0.2) is 5.16 Å². The summed E-state index contributed by atoms with van der Waals surface area (Å²) in [5.41, 5.74) is 4.62. The summed E-state index contributed by atoms with van der Waals surface area (Å²) in [7, 11) is 0. The van der Waals surface area contributed by atoms with Crippen molar-refractivity contribution in [3.63, 3.8) is 0 Å². The smallest absolute Gasteiger partial charge is 0.235 e. The molecule has 2 aromatic carbocycles. The molecule has 4 aromatic rings. The summed E-state index contributed by atoms with van der Waals surface area (Å²) < 4.78 is 17.4. The third kappa shape index (κ3) is 3.54. The van der Waals surface area contributed by atoms with Crippen LogP contribution in [0.15, 0.2) is 50.1 Å². The molecule has 148 valence electrons. The molecular weight excluding hydrogens is 390 g/mol. The number of aromatic nitrogens is 1. The van der Waals surface area contributed by atoms with Crippen LogP contribution in [0.3, 0.4) is 0 Å². The van der Waals surface area contributed by atoms with Crippen LogP contribution >= 0.6 is 11.6 Å². The van der Waals surface area contributed by atoms with Gasteiger partial charge in [0.25, 0.3) is 0 Å². The highest BCUT2D eigenvalue weighted by molar-refractivity contribution is 6.30. The van der Waals surface area contributed by atoms with E-state index in [1.54, 1.807) is 24.3 Å². The minimum absolute atomic E-state index is 0.156. The van der Waals surface area contributed by atoms with Crippen LogP contribution in [-0.2, 0) is 6.61 Å². The molecule has 5 nitrogen and oxygen atoms in total. The van der Waals surface area contributed by atoms with Gasteiger partial charge in [-0.3, -0.25) is 4.79 Å². The molecular formula is C23H20ClNO4. The van der Waals surface area contributed by atoms with Gasteiger partial charge in [-0.05, 0) is 75.2 Å². The van der Waals surface area contributed by atoms with E-state index in [-0.39, 0.29) is 17.8 Å². The molecule has 0 aliphatic carbocycles. The van der Waals surface area contributed by atoms with E-state index in [4.69, 9.17) is 25.3 Å². The average Bonchev–Trinajstić information content (AvgIpc) is 3.01. The first-order valence-electron chi connectivity index (χ1n) is 9.23. The molecule has 4 rings (SSSR count). The average molecular weight is 410 g/mol. The second kappa shape index (κ2) is 7.41. The van der Waals surface area contributed by atoms with Gasteiger partial charge in [-0.25, -0.2) is 0 Å². The lowest BCUT2D eigenvalue weighted by Gasteiger charge is -2.13. The van der Waals surface area contributed by atoms with Gasteiger partial charge in [0.1, 0.15) is 18.0 Å². The van der Waals surface area contributed by atoms with Crippen LogP contribution in [0.5, 0.6) is 5.75 Å². The lowest BCUT2D eigenvalue weighted by atomic mass is 10.0. The molecule has 0 saturated heterocycles. The molecule has 6 heteroatoms. The summed E-state index contributed by atoms with van der Waals surface area (Å²) in [5, 5.41) is 5.03. The molecule has 0 atom stereocenters. The lowest BCUT2D eigenvalue weighted by Crippen LogP contribution is -2.11. The third-order valence-corrected chi connectivity index (χ3v) is 5.37. The summed E-state index contributed by atoms with van der Waals surface area (Å²) in [6.45, 7) is 7.76. The van der Waals surface area contributed by atoms with Crippen LogP contribution in [0.2, 0.25) is 5.02 Å². The highest BCUT2D eigenvalue weighted by Crippen LogP contribution is 2.33. The molecule has 0 radical (unpaired) electrons. The van der Waals surface area contributed by atoms with Crippen molar-refractivity contribution in [2.45, 2.75) is 34.3 Å². The van der Waals surface area contributed by atoms with Crippen LogP contribution in [0.4, 0.5) is 0 Å². The topological polar surface area (TPSA) is 65.5 Å². The highest BCUT2D eigenvalue weighted by atomic mass is 35.5. The fourth-order valence-corrected chi connectivity index (χ4v) is 3.33. The summed E-state index contributed by atoms with van der Waals surface area (Å²) in [4.78, 5) is 13.3. The van der Waals surface area contributed by atoms with Crippen molar-refractivity contribution >= 4 is 22.6 Å². The maximum Gasteiger partial charge on any atom is 0.235 e. The highest BCUT2D eigenvalue weighted by Gasteiger charge is 2.20. The van der Waals surface area contributed by atoms with Crippen molar-refractivity contribution in [1.82, 2.24) is 5.16 Å². The van der Waals surface area contributed by atoms with Gasteiger partial charge in [0.15, 0.2) is 5.76 Å². The van der Waals surface area contributed by atoms with Gasteiger partial charge >= 0.3 is 0 Å². The molecule has 29 heavy (non-hydrogen) atoms. The van der Waals surface area contributed by atoms with E-state index in [9.17, 15) is 4.79 Å². The molecule has 0 amide bonds. The van der Waals surface area contributed by atoms with Crippen LogP contribution in [0, 0.1) is 27.7 Å². The van der Waals surface area contributed by atoms with E-state index in [2.05, 4.69) is 5.16 Å². The Balaban J connectivity index is 1.90. The van der Waals surface area contributed by atoms with Gasteiger partial charge in [0.2, 0.25) is 11.2 Å². The number of ether oxygens (including phenoxy) is 1. The molecule has 0 bridgehead atoms. The molecule has 0 N–H and O–H groups in total. The van der Waals surface area contributed by atoms with Gasteiger partial charge in [-0.15, -0.1) is 0 Å². The molecule has 0 aliphatic heterocycles. The molecule has 0 spiro atoms. The van der Waals surface area contributed by atoms with Gasteiger partial charge in [-0.2, -0.15) is 0 Å². The third-order valence-electron chi connectivity index (χ3n) is 5.11. The second-order valence-electron chi connectivity index (χ2n) is 7.12. The Morgan fingerprint density at radius 1 is 1.03 bits per heavy atom. The molecule has 2 aromatic heterocycles. The quantitative estimate of drug-likeness (QED) is 0.419. The Bertz CT molecular complexity index is 1250. The fourth-order valence-electron chi connectivity index (χ4n) is 3.21. The summed E-state index contributed by atoms with van der Waals surface area (Å²) in [6, 6.07) is 10.8. The van der Waals surface area contributed by atoms with E-state index in [0.29, 0.717) is 33.1 Å². The van der Waals surface area contributed by atoms with Gasteiger partial charge in [0, 0.05) is 10.6 Å². The van der Waals surface area contributed by atoms with E-state index in [1.807, 2.05) is 39.8 Å².